The van der Waals surface area contributed by atoms with Gasteiger partial charge in [0.15, 0.2) is 0 Å². The summed E-state index contributed by atoms with van der Waals surface area (Å²) in [6.45, 7) is 4.04. The number of carboxylic acids is 1. The molecule has 1 aliphatic carbocycles. The summed E-state index contributed by atoms with van der Waals surface area (Å²) in [6.07, 6.45) is 6.64. The average Bonchev–Trinajstić information content (AvgIpc) is 3.44. The van der Waals surface area contributed by atoms with Crippen molar-refractivity contribution in [1.82, 2.24) is 9.80 Å². The quantitative estimate of drug-likeness (QED) is 0.881. The van der Waals surface area contributed by atoms with Crippen molar-refractivity contribution in [3.05, 3.63) is 35.4 Å². The van der Waals surface area contributed by atoms with Crippen molar-refractivity contribution in [2.45, 2.75) is 57.5 Å². The van der Waals surface area contributed by atoms with Crippen LogP contribution < -0.4 is 0 Å². The van der Waals surface area contributed by atoms with Crippen LogP contribution in [0.1, 0.15) is 49.7 Å². The summed E-state index contributed by atoms with van der Waals surface area (Å²) >= 11 is 0. The smallest absolute Gasteiger partial charge is 0.307 e. The minimum Gasteiger partial charge on any atom is -0.481 e. The lowest BCUT2D eigenvalue weighted by atomic mass is 9.73. The molecule has 1 spiro atoms. The Bertz CT molecular complexity index is 683. The van der Waals surface area contributed by atoms with Crippen LogP contribution in [0, 0.1) is 5.41 Å². The number of piperidine rings is 2. The maximum absolute atomic E-state index is 12.3. The van der Waals surface area contributed by atoms with Gasteiger partial charge >= 0.3 is 5.97 Å². The van der Waals surface area contributed by atoms with Crippen molar-refractivity contribution in [2.24, 2.45) is 5.41 Å². The molecule has 0 aromatic heterocycles. The third-order valence-corrected chi connectivity index (χ3v) is 6.21. The normalized spacial score (nSPS) is 27.1. The summed E-state index contributed by atoms with van der Waals surface area (Å²) in [7, 11) is 0. The van der Waals surface area contributed by atoms with E-state index in [9.17, 15) is 9.59 Å². The molecule has 1 amide bonds. The molecule has 26 heavy (non-hydrogen) atoms. The van der Waals surface area contributed by atoms with Crippen LogP contribution in [0.15, 0.2) is 24.3 Å². The minimum absolute atomic E-state index is 0.0815. The van der Waals surface area contributed by atoms with Crippen LogP contribution in [0.5, 0.6) is 0 Å². The molecule has 1 unspecified atom stereocenters. The van der Waals surface area contributed by atoms with Crippen molar-refractivity contribution in [3.63, 3.8) is 0 Å². The van der Waals surface area contributed by atoms with Crippen LogP contribution >= 0.6 is 0 Å². The molecule has 0 bridgehead atoms. The van der Waals surface area contributed by atoms with Gasteiger partial charge in [0, 0.05) is 37.5 Å². The van der Waals surface area contributed by atoms with Gasteiger partial charge in [0.05, 0.1) is 6.42 Å². The average molecular weight is 356 g/mol. The highest BCUT2D eigenvalue weighted by Gasteiger charge is 2.45. The summed E-state index contributed by atoms with van der Waals surface area (Å²) in [6, 6.07) is 8.49. The van der Waals surface area contributed by atoms with Crippen molar-refractivity contribution in [1.29, 1.82) is 0 Å². The first-order chi connectivity index (χ1) is 12.5. The number of amides is 1. The molecule has 5 heteroatoms. The molecule has 2 aliphatic heterocycles. The highest BCUT2D eigenvalue weighted by atomic mass is 16.4. The standard InChI is InChI=1S/C21H28N2O3/c24-19-8-10-21(15-23(19)18-6-7-18)9-1-11-22(14-21)13-17-4-2-16(3-5-17)12-20(25)26/h2-5,18H,1,6-15H2,(H,25,26). The Morgan fingerprint density at radius 3 is 2.54 bits per heavy atom. The monoisotopic (exact) mass is 356 g/mol. The molecule has 2 saturated heterocycles. The van der Waals surface area contributed by atoms with E-state index >= 15 is 0 Å². The lowest BCUT2D eigenvalue weighted by molar-refractivity contribution is -0.140. The van der Waals surface area contributed by atoms with E-state index in [-0.39, 0.29) is 11.8 Å². The summed E-state index contributed by atoms with van der Waals surface area (Å²) in [5, 5.41) is 8.89. The number of rotatable bonds is 5. The van der Waals surface area contributed by atoms with Crippen LogP contribution in [0.3, 0.4) is 0 Å². The van der Waals surface area contributed by atoms with E-state index in [0.29, 0.717) is 18.4 Å². The molecule has 4 rings (SSSR count). The molecule has 140 valence electrons. The molecule has 1 N–H and O–H groups in total. The predicted molar refractivity (Wildman–Crippen MR) is 98.7 cm³/mol. The number of hydrogen-bond acceptors (Lipinski definition) is 3. The van der Waals surface area contributed by atoms with E-state index in [1.807, 2.05) is 12.1 Å². The Kier molecular flexibility index (Phi) is 4.74. The fourth-order valence-electron chi connectivity index (χ4n) is 4.74. The Morgan fingerprint density at radius 2 is 1.85 bits per heavy atom. The van der Waals surface area contributed by atoms with E-state index in [1.165, 1.54) is 31.2 Å². The molecular formula is C21H28N2O3. The molecule has 0 radical (unpaired) electrons. The van der Waals surface area contributed by atoms with Gasteiger partial charge in [-0.25, -0.2) is 0 Å². The van der Waals surface area contributed by atoms with Gasteiger partial charge in [-0.1, -0.05) is 24.3 Å². The van der Waals surface area contributed by atoms with E-state index in [0.717, 1.165) is 38.2 Å². The van der Waals surface area contributed by atoms with Crippen LogP contribution in [0.4, 0.5) is 0 Å². The number of carbonyl (C=O) groups excluding carboxylic acids is 1. The van der Waals surface area contributed by atoms with Gasteiger partial charge in [0.2, 0.25) is 5.91 Å². The van der Waals surface area contributed by atoms with Crippen molar-refractivity contribution < 1.29 is 14.7 Å². The Hall–Kier alpha value is -1.88. The zero-order valence-electron chi connectivity index (χ0n) is 15.3. The molecule has 1 saturated carbocycles. The molecule has 3 fully saturated rings. The number of benzene rings is 1. The summed E-state index contributed by atoms with van der Waals surface area (Å²) in [5.74, 6) is -0.424. The van der Waals surface area contributed by atoms with Crippen molar-refractivity contribution in [3.8, 4) is 0 Å². The second-order valence-electron chi connectivity index (χ2n) is 8.45. The van der Waals surface area contributed by atoms with Crippen molar-refractivity contribution >= 4 is 11.9 Å². The van der Waals surface area contributed by atoms with E-state index in [4.69, 9.17) is 5.11 Å². The molecule has 5 nitrogen and oxygen atoms in total. The lowest BCUT2D eigenvalue weighted by Gasteiger charge is -2.48. The molecule has 2 heterocycles. The zero-order chi connectivity index (χ0) is 18.1. The lowest BCUT2D eigenvalue weighted by Crippen LogP contribution is -2.54. The highest BCUT2D eigenvalue weighted by Crippen LogP contribution is 2.42. The molecule has 1 atom stereocenters. The SMILES string of the molecule is O=C(O)Cc1ccc(CN2CCCC3(CCC(=O)N(C4CC4)C3)C2)cc1. The topological polar surface area (TPSA) is 60.9 Å². The third-order valence-electron chi connectivity index (χ3n) is 6.21. The molecule has 3 aliphatic rings. The van der Waals surface area contributed by atoms with E-state index in [1.54, 1.807) is 0 Å². The van der Waals surface area contributed by atoms with Gasteiger partial charge in [0.1, 0.15) is 0 Å². The van der Waals surface area contributed by atoms with Gasteiger partial charge in [0.25, 0.3) is 0 Å². The van der Waals surface area contributed by atoms with Gasteiger partial charge in [-0.05, 0) is 49.8 Å². The van der Waals surface area contributed by atoms with E-state index in [2.05, 4.69) is 21.9 Å². The van der Waals surface area contributed by atoms with Crippen LogP contribution in [-0.4, -0.2) is 52.5 Å². The number of aliphatic carboxylic acids is 1. The summed E-state index contributed by atoms with van der Waals surface area (Å²) in [4.78, 5) is 27.8. The number of likely N-dealkylation sites (tertiary alicyclic amines) is 2. The second-order valence-corrected chi connectivity index (χ2v) is 8.45. The van der Waals surface area contributed by atoms with Gasteiger partial charge in [-0.15, -0.1) is 0 Å². The van der Waals surface area contributed by atoms with Gasteiger partial charge < -0.3 is 10.0 Å². The number of hydrogen-bond donors (Lipinski definition) is 1. The number of nitrogens with zero attached hydrogens (tertiary/aromatic N) is 2. The van der Waals surface area contributed by atoms with Gasteiger partial charge in [-0.3, -0.25) is 14.5 Å². The second kappa shape index (κ2) is 7.03. The maximum Gasteiger partial charge on any atom is 0.307 e. The molecule has 1 aromatic carbocycles. The van der Waals surface area contributed by atoms with Crippen LogP contribution in [-0.2, 0) is 22.6 Å². The third kappa shape index (κ3) is 3.93. The molecule has 1 aromatic rings. The Morgan fingerprint density at radius 1 is 1.12 bits per heavy atom. The summed E-state index contributed by atoms with van der Waals surface area (Å²) < 4.78 is 0. The first-order valence-corrected chi connectivity index (χ1v) is 9.84. The number of carbonyl (C=O) groups is 2. The first kappa shape index (κ1) is 17.5. The predicted octanol–water partition coefficient (Wildman–Crippen LogP) is 2.68. The Labute approximate surface area is 155 Å². The zero-order valence-corrected chi connectivity index (χ0v) is 15.3. The largest absolute Gasteiger partial charge is 0.481 e. The summed E-state index contributed by atoms with van der Waals surface area (Å²) in [5.41, 5.74) is 2.36. The van der Waals surface area contributed by atoms with Crippen LogP contribution in [0.25, 0.3) is 0 Å². The maximum atomic E-state index is 12.3. The van der Waals surface area contributed by atoms with E-state index < -0.39 is 5.97 Å². The van der Waals surface area contributed by atoms with Crippen molar-refractivity contribution in [2.75, 3.05) is 19.6 Å². The van der Waals surface area contributed by atoms with Gasteiger partial charge in [-0.2, -0.15) is 0 Å². The Balaban J connectivity index is 1.39. The highest BCUT2D eigenvalue weighted by molar-refractivity contribution is 5.78. The number of carboxylic acid groups (broad SMARTS) is 1. The molecular weight excluding hydrogens is 328 g/mol. The fraction of sp³-hybridized carbons (Fsp3) is 0.619. The van der Waals surface area contributed by atoms with Crippen LogP contribution in [0.2, 0.25) is 0 Å². The fourth-order valence-corrected chi connectivity index (χ4v) is 4.74. The minimum atomic E-state index is -0.789. The first-order valence-electron chi connectivity index (χ1n) is 9.84.